The molecule has 0 spiro atoms. The molecule has 0 unspecified atom stereocenters. The van der Waals surface area contributed by atoms with Gasteiger partial charge < -0.3 is 10.3 Å². The van der Waals surface area contributed by atoms with Crippen LogP contribution in [0.2, 0.25) is 0 Å². The Kier molecular flexibility index (Phi) is 2.61. The van der Waals surface area contributed by atoms with Crippen LogP contribution in [0.3, 0.4) is 0 Å². The summed E-state index contributed by atoms with van der Waals surface area (Å²) < 4.78 is 1.89. The number of carbonyl (C=O) groups excluding carboxylic acids is 1. The van der Waals surface area contributed by atoms with Gasteiger partial charge in [-0.15, -0.1) is 0 Å². The van der Waals surface area contributed by atoms with Crippen LogP contribution in [0.25, 0.3) is 0 Å². The van der Waals surface area contributed by atoms with Gasteiger partial charge in [-0.1, -0.05) is 12.8 Å². The maximum absolute atomic E-state index is 12.1. The van der Waals surface area contributed by atoms with E-state index in [4.69, 9.17) is 5.73 Å². The van der Waals surface area contributed by atoms with Crippen LogP contribution in [0, 0.1) is 0 Å². The van der Waals surface area contributed by atoms with E-state index in [1.54, 1.807) is 12.5 Å². The lowest BCUT2D eigenvalue weighted by Gasteiger charge is -2.19. The van der Waals surface area contributed by atoms with E-state index in [1.165, 1.54) is 0 Å². The first-order chi connectivity index (χ1) is 7.15. The van der Waals surface area contributed by atoms with Crippen LogP contribution in [0.4, 0.5) is 0 Å². The minimum atomic E-state index is -0.646. The van der Waals surface area contributed by atoms with Gasteiger partial charge in [0.2, 0.25) is 5.78 Å². The highest BCUT2D eigenvalue weighted by Gasteiger charge is 2.38. The van der Waals surface area contributed by atoms with Gasteiger partial charge >= 0.3 is 0 Å². The summed E-state index contributed by atoms with van der Waals surface area (Å²) in [5.41, 5.74) is 5.96. The van der Waals surface area contributed by atoms with Gasteiger partial charge in [0.25, 0.3) is 0 Å². The van der Waals surface area contributed by atoms with Crippen LogP contribution in [-0.4, -0.2) is 20.9 Å². The van der Waals surface area contributed by atoms with E-state index >= 15 is 0 Å². The van der Waals surface area contributed by atoms with Crippen LogP contribution in [-0.2, 0) is 6.54 Å². The molecule has 1 saturated carbocycles. The van der Waals surface area contributed by atoms with Crippen molar-refractivity contribution in [3.05, 3.63) is 18.2 Å². The molecular weight excluding hydrogens is 190 g/mol. The van der Waals surface area contributed by atoms with Crippen molar-refractivity contribution in [3.8, 4) is 0 Å². The Hall–Kier alpha value is -1.16. The molecule has 1 aliphatic carbocycles. The third-order valence-electron chi connectivity index (χ3n) is 3.18. The molecule has 0 amide bonds. The molecule has 0 saturated heterocycles. The lowest BCUT2D eigenvalue weighted by molar-refractivity contribution is 0.0887. The number of hydrogen-bond acceptors (Lipinski definition) is 3. The van der Waals surface area contributed by atoms with E-state index in [2.05, 4.69) is 4.98 Å². The van der Waals surface area contributed by atoms with Crippen molar-refractivity contribution >= 4 is 5.78 Å². The summed E-state index contributed by atoms with van der Waals surface area (Å²) in [6, 6.07) is 0. The standard InChI is InChI=1S/C11H17N3O/c1-2-14-7-9(13-8-14)10(15)11(12)5-3-4-6-11/h7-8H,2-6,12H2,1H3. The predicted molar refractivity (Wildman–Crippen MR) is 57.6 cm³/mol. The maximum atomic E-state index is 12.1. The monoisotopic (exact) mass is 207 g/mol. The summed E-state index contributed by atoms with van der Waals surface area (Å²) in [5.74, 6) is 0.00667. The number of hydrogen-bond donors (Lipinski definition) is 1. The Bertz CT molecular complexity index is 364. The summed E-state index contributed by atoms with van der Waals surface area (Å²) in [5, 5.41) is 0. The molecule has 2 rings (SSSR count). The smallest absolute Gasteiger partial charge is 0.202 e. The molecule has 82 valence electrons. The molecule has 2 N–H and O–H groups in total. The molecular formula is C11H17N3O. The van der Waals surface area contributed by atoms with E-state index in [-0.39, 0.29) is 5.78 Å². The molecule has 1 aromatic heterocycles. The van der Waals surface area contributed by atoms with Crippen LogP contribution in [0.5, 0.6) is 0 Å². The topological polar surface area (TPSA) is 60.9 Å². The average Bonchev–Trinajstić information content (AvgIpc) is 2.85. The Balaban J connectivity index is 2.19. The first-order valence-electron chi connectivity index (χ1n) is 5.51. The molecule has 1 heterocycles. The van der Waals surface area contributed by atoms with Gasteiger partial charge in [-0.2, -0.15) is 0 Å². The van der Waals surface area contributed by atoms with E-state index in [0.29, 0.717) is 5.69 Å². The minimum Gasteiger partial charge on any atom is -0.337 e. The van der Waals surface area contributed by atoms with Crippen molar-refractivity contribution < 1.29 is 4.79 Å². The third kappa shape index (κ3) is 1.81. The van der Waals surface area contributed by atoms with Crippen molar-refractivity contribution in [1.82, 2.24) is 9.55 Å². The Morgan fingerprint density at radius 3 is 2.80 bits per heavy atom. The number of ketones is 1. The number of rotatable bonds is 3. The summed E-state index contributed by atoms with van der Waals surface area (Å²) in [4.78, 5) is 16.2. The van der Waals surface area contributed by atoms with Crippen molar-refractivity contribution in [2.75, 3.05) is 0 Å². The fraction of sp³-hybridized carbons (Fsp3) is 0.636. The van der Waals surface area contributed by atoms with Crippen molar-refractivity contribution in [2.45, 2.75) is 44.7 Å². The largest absolute Gasteiger partial charge is 0.337 e. The SMILES string of the molecule is CCn1cnc(C(=O)C2(N)CCCC2)c1. The van der Waals surface area contributed by atoms with Crippen LogP contribution in [0.15, 0.2) is 12.5 Å². The van der Waals surface area contributed by atoms with Crippen molar-refractivity contribution in [3.63, 3.8) is 0 Å². The Labute approximate surface area is 89.5 Å². The van der Waals surface area contributed by atoms with Crippen molar-refractivity contribution in [2.24, 2.45) is 5.73 Å². The van der Waals surface area contributed by atoms with Gasteiger partial charge in [-0.3, -0.25) is 4.79 Å². The van der Waals surface area contributed by atoms with Gasteiger partial charge in [-0.25, -0.2) is 4.98 Å². The number of imidazole rings is 1. The molecule has 1 aromatic rings. The zero-order chi connectivity index (χ0) is 10.9. The van der Waals surface area contributed by atoms with Crippen LogP contribution in [0.1, 0.15) is 43.1 Å². The number of nitrogens with two attached hydrogens (primary N) is 1. The zero-order valence-electron chi connectivity index (χ0n) is 9.07. The lowest BCUT2D eigenvalue weighted by atomic mass is 9.92. The molecule has 1 aliphatic rings. The number of aryl methyl sites for hydroxylation is 1. The number of Topliss-reactive ketones (excluding diaryl/α,β-unsaturated/α-hetero) is 1. The summed E-state index contributed by atoms with van der Waals surface area (Å²) in [6.45, 7) is 2.85. The summed E-state index contributed by atoms with van der Waals surface area (Å²) >= 11 is 0. The van der Waals surface area contributed by atoms with E-state index in [1.807, 2.05) is 11.5 Å². The van der Waals surface area contributed by atoms with Crippen molar-refractivity contribution in [1.29, 1.82) is 0 Å². The average molecular weight is 207 g/mol. The predicted octanol–water partition coefficient (Wildman–Crippen LogP) is 1.36. The summed E-state index contributed by atoms with van der Waals surface area (Å²) in [6.07, 6.45) is 7.17. The molecule has 0 aromatic carbocycles. The molecule has 0 radical (unpaired) electrons. The van der Waals surface area contributed by atoms with Crippen LogP contribution >= 0.6 is 0 Å². The second-order valence-corrected chi connectivity index (χ2v) is 4.28. The molecule has 4 heteroatoms. The highest BCUT2D eigenvalue weighted by molar-refractivity contribution is 6.01. The second-order valence-electron chi connectivity index (χ2n) is 4.28. The first-order valence-corrected chi connectivity index (χ1v) is 5.51. The molecule has 0 bridgehead atoms. The van der Waals surface area contributed by atoms with Crippen LogP contribution < -0.4 is 5.73 Å². The normalized spacial score (nSPS) is 19.3. The highest BCUT2D eigenvalue weighted by Crippen LogP contribution is 2.29. The second kappa shape index (κ2) is 3.77. The van der Waals surface area contributed by atoms with Gasteiger partial charge in [0.05, 0.1) is 11.9 Å². The third-order valence-corrected chi connectivity index (χ3v) is 3.18. The quantitative estimate of drug-likeness (QED) is 0.761. The maximum Gasteiger partial charge on any atom is 0.202 e. The molecule has 15 heavy (non-hydrogen) atoms. The highest BCUT2D eigenvalue weighted by atomic mass is 16.1. The van der Waals surface area contributed by atoms with E-state index < -0.39 is 5.54 Å². The van der Waals surface area contributed by atoms with Gasteiger partial charge in [0.15, 0.2) is 0 Å². The molecule has 1 fully saturated rings. The van der Waals surface area contributed by atoms with Gasteiger partial charge in [0.1, 0.15) is 5.69 Å². The lowest BCUT2D eigenvalue weighted by Crippen LogP contribution is -2.45. The van der Waals surface area contributed by atoms with Gasteiger partial charge in [-0.05, 0) is 19.8 Å². The number of nitrogens with zero attached hydrogens (tertiary/aromatic N) is 2. The van der Waals surface area contributed by atoms with E-state index in [0.717, 1.165) is 32.2 Å². The fourth-order valence-corrected chi connectivity index (χ4v) is 2.14. The fourth-order valence-electron chi connectivity index (χ4n) is 2.14. The Morgan fingerprint density at radius 2 is 2.27 bits per heavy atom. The number of aromatic nitrogens is 2. The first kappa shape index (κ1) is 10.4. The van der Waals surface area contributed by atoms with E-state index in [9.17, 15) is 4.79 Å². The summed E-state index contributed by atoms with van der Waals surface area (Å²) in [7, 11) is 0. The molecule has 0 atom stereocenters. The molecule has 4 nitrogen and oxygen atoms in total. The Morgan fingerprint density at radius 1 is 1.60 bits per heavy atom. The van der Waals surface area contributed by atoms with Gasteiger partial charge in [0, 0.05) is 12.7 Å². The number of carbonyl (C=O) groups is 1. The zero-order valence-corrected chi connectivity index (χ0v) is 9.07. The minimum absolute atomic E-state index is 0.00667. The molecule has 0 aliphatic heterocycles.